The van der Waals surface area contributed by atoms with Gasteiger partial charge in [0.1, 0.15) is 13.2 Å². The van der Waals surface area contributed by atoms with Crippen molar-refractivity contribution in [2.45, 2.75) is 26.6 Å². The Morgan fingerprint density at radius 2 is 1.29 bits per heavy atom. The van der Waals surface area contributed by atoms with E-state index < -0.39 is 0 Å². The van der Waals surface area contributed by atoms with Crippen molar-refractivity contribution in [1.29, 1.82) is 0 Å². The van der Waals surface area contributed by atoms with Gasteiger partial charge in [-0.15, -0.1) is 0 Å². The molecule has 0 saturated carbocycles. The highest BCUT2D eigenvalue weighted by molar-refractivity contribution is 5.72. The monoisotopic (exact) mass is 376 g/mol. The highest BCUT2D eigenvalue weighted by Gasteiger charge is 2.11. The van der Waals surface area contributed by atoms with Crippen LogP contribution in [0, 0.1) is 0 Å². The molecule has 0 spiro atoms. The maximum absolute atomic E-state index is 11.8. The zero-order valence-corrected chi connectivity index (χ0v) is 16.0. The third kappa shape index (κ3) is 5.88. The van der Waals surface area contributed by atoms with Crippen LogP contribution in [0.15, 0.2) is 78.9 Å². The molecule has 3 aromatic carbocycles. The summed E-state index contributed by atoms with van der Waals surface area (Å²) in [4.78, 5) is 11.8. The summed E-state index contributed by atoms with van der Waals surface area (Å²) in [7, 11) is 0. The predicted octanol–water partition coefficient (Wildman–Crippen LogP) is 4.95. The number of benzene rings is 3. The van der Waals surface area contributed by atoms with E-state index in [9.17, 15) is 4.79 Å². The molecule has 0 fully saturated rings. The van der Waals surface area contributed by atoms with Gasteiger partial charge in [-0.2, -0.15) is 0 Å². The number of hydrogen-bond donors (Lipinski definition) is 0. The number of rotatable bonds is 9. The topological polar surface area (TPSA) is 44.8 Å². The third-order valence-electron chi connectivity index (χ3n) is 4.14. The minimum atomic E-state index is -0.255. The molecule has 0 aromatic heterocycles. The first-order valence-corrected chi connectivity index (χ1v) is 9.36. The standard InChI is InChI=1S/C24H24O4/c1-2-26-24(25)16-21-13-14-22(27-17-19-9-5-3-6-10-19)23(15-21)28-18-20-11-7-4-8-12-20/h3-15H,2,16-18H2,1H3. The summed E-state index contributed by atoms with van der Waals surface area (Å²) in [5, 5.41) is 0. The van der Waals surface area contributed by atoms with Crippen molar-refractivity contribution >= 4 is 5.97 Å². The van der Waals surface area contributed by atoms with Crippen molar-refractivity contribution in [3.63, 3.8) is 0 Å². The molecule has 0 radical (unpaired) electrons. The fourth-order valence-electron chi connectivity index (χ4n) is 2.74. The van der Waals surface area contributed by atoms with Crippen molar-refractivity contribution in [1.82, 2.24) is 0 Å². The Hall–Kier alpha value is -3.27. The summed E-state index contributed by atoms with van der Waals surface area (Å²) >= 11 is 0. The van der Waals surface area contributed by atoms with Gasteiger partial charge in [-0.25, -0.2) is 0 Å². The second kappa shape index (κ2) is 10.2. The van der Waals surface area contributed by atoms with Crippen molar-refractivity contribution < 1.29 is 19.0 Å². The first-order valence-electron chi connectivity index (χ1n) is 9.36. The molecule has 144 valence electrons. The largest absolute Gasteiger partial charge is 0.485 e. The first-order chi connectivity index (χ1) is 13.7. The van der Waals surface area contributed by atoms with Crippen molar-refractivity contribution in [2.75, 3.05) is 6.61 Å². The molecular formula is C24H24O4. The molecule has 0 amide bonds. The Kier molecular flexibility index (Phi) is 7.08. The van der Waals surface area contributed by atoms with E-state index in [2.05, 4.69) is 0 Å². The van der Waals surface area contributed by atoms with Gasteiger partial charge in [0.15, 0.2) is 11.5 Å². The third-order valence-corrected chi connectivity index (χ3v) is 4.14. The van der Waals surface area contributed by atoms with Gasteiger partial charge in [0, 0.05) is 0 Å². The van der Waals surface area contributed by atoms with Gasteiger partial charge in [-0.1, -0.05) is 66.7 Å². The van der Waals surface area contributed by atoms with Gasteiger partial charge in [-0.3, -0.25) is 4.79 Å². The number of esters is 1. The van der Waals surface area contributed by atoms with E-state index in [1.54, 1.807) is 6.92 Å². The van der Waals surface area contributed by atoms with Crippen LogP contribution in [0.25, 0.3) is 0 Å². The molecule has 0 aliphatic carbocycles. The van der Waals surface area contributed by atoms with E-state index in [4.69, 9.17) is 14.2 Å². The fourth-order valence-corrected chi connectivity index (χ4v) is 2.74. The molecule has 0 N–H and O–H groups in total. The first kappa shape index (κ1) is 19.5. The number of ether oxygens (including phenoxy) is 3. The Morgan fingerprint density at radius 3 is 1.86 bits per heavy atom. The number of hydrogen-bond acceptors (Lipinski definition) is 4. The van der Waals surface area contributed by atoms with Crippen molar-refractivity contribution in [3.8, 4) is 11.5 Å². The van der Waals surface area contributed by atoms with Gasteiger partial charge in [0.2, 0.25) is 0 Å². The Labute approximate surface area is 165 Å². The number of carbonyl (C=O) groups excluding carboxylic acids is 1. The fraction of sp³-hybridized carbons (Fsp3) is 0.208. The molecule has 0 saturated heterocycles. The summed E-state index contributed by atoms with van der Waals surface area (Å²) in [5.74, 6) is 1.00. The lowest BCUT2D eigenvalue weighted by Crippen LogP contribution is -2.08. The second-order valence-electron chi connectivity index (χ2n) is 6.31. The molecule has 3 rings (SSSR count). The molecule has 0 aliphatic heterocycles. The lowest BCUT2D eigenvalue weighted by molar-refractivity contribution is -0.142. The van der Waals surface area contributed by atoms with Gasteiger partial charge in [-0.05, 0) is 35.7 Å². The van der Waals surface area contributed by atoms with E-state index in [0.29, 0.717) is 31.3 Å². The SMILES string of the molecule is CCOC(=O)Cc1ccc(OCc2ccccc2)c(OCc2ccccc2)c1. The van der Waals surface area contributed by atoms with Gasteiger partial charge in [0.25, 0.3) is 0 Å². The lowest BCUT2D eigenvalue weighted by atomic mass is 10.1. The van der Waals surface area contributed by atoms with E-state index in [1.165, 1.54) is 0 Å². The second-order valence-corrected chi connectivity index (χ2v) is 6.31. The van der Waals surface area contributed by atoms with Gasteiger partial charge in [0.05, 0.1) is 13.0 Å². The summed E-state index contributed by atoms with van der Waals surface area (Å²) in [6, 6.07) is 25.5. The molecule has 0 heterocycles. The van der Waals surface area contributed by atoms with E-state index >= 15 is 0 Å². The predicted molar refractivity (Wildman–Crippen MR) is 108 cm³/mol. The molecular weight excluding hydrogens is 352 g/mol. The summed E-state index contributed by atoms with van der Waals surface area (Å²) in [6.07, 6.45) is 0.203. The van der Waals surface area contributed by atoms with Crippen LogP contribution < -0.4 is 9.47 Å². The average Bonchev–Trinajstić information content (AvgIpc) is 2.73. The minimum absolute atomic E-state index is 0.203. The molecule has 0 aliphatic rings. The highest BCUT2D eigenvalue weighted by atomic mass is 16.5. The molecule has 0 unspecified atom stereocenters. The maximum atomic E-state index is 11.8. The zero-order chi connectivity index (χ0) is 19.6. The molecule has 4 heteroatoms. The Bertz CT molecular complexity index is 876. The summed E-state index contributed by atoms with van der Waals surface area (Å²) in [5.41, 5.74) is 2.97. The summed E-state index contributed by atoms with van der Waals surface area (Å²) < 4.78 is 17.0. The number of carbonyl (C=O) groups is 1. The van der Waals surface area contributed by atoms with E-state index in [-0.39, 0.29) is 12.4 Å². The van der Waals surface area contributed by atoms with Crippen molar-refractivity contribution in [2.24, 2.45) is 0 Å². The van der Waals surface area contributed by atoms with Crippen LogP contribution in [0.4, 0.5) is 0 Å². The minimum Gasteiger partial charge on any atom is -0.485 e. The highest BCUT2D eigenvalue weighted by Crippen LogP contribution is 2.30. The van der Waals surface area contributed by atoms with Crippen LogP contribution in [-0.2, 0) is 29.2 Å². The zero-order valence-electron chi connectivity index (χ0n) is 16.0. The Morgan fingerprint density at radius 1 is 0.714 bits per heavy atom. The molecule has 28 heavy (non-hydrogen) atoms. The van der Waals surface area contributed by atoms with E-state index in [1.807, 2.05) is 78.9 Å². The molecule has 0 atom stereocenters. The van der Waals surface area contributed by atoms with Gasteiger partial charge >= 0.3 is 5.97 Å². The van der Waals surface area contributed by atoms with Gasteiger partial charge < -0.3 is 14.2 Å². The smallest absolute Gasteiger partial charge is 0.310 e. The summed E-state index contributed by atoms with van der Waals surface area (Å²) in [6.45, 7) is 3.03. The lowest BCUT2D eigenvalue weighted by Gasteiger charge is -2.14. The molecule has 4 nitrogen and oxygen atoms in total. The quantitative estimate of drug-likeness (QED) is 0.496. The maximum Gasteiger partial charge on any atom is 0.310 e. The molecule has 3 aromatic rings. The average molecular weight is 376 g/mol. The van der Waals surface area contributed by atoms with E-state index in [0.717, 1.165) is 16.7 Å². The normalized spacial score (nSPS) is 10.3. The van der Waals surface area contributed by atoms with Crippen molar-refractivity contribution in [3.05, 3.63) is 95.6 Å². The van der Waals surface area contributed by atoms with Crippen LogP contribution in [-0.4, -0.2) is 12.6 Å². The van der Waals surface area contributed by atoms with Crippen LogP contribution in [0.3, 0.4) is 0 Å². The van der Waals surface area contributed by atoms with Crippen LogP contribution in [0.1, 0.15) is 23.6 Å². The molecule has 0 bridgehead atoms. The van der Waals surface area contributed by atoms with Crippen LogP contribution in [0.2, 0.25) is 0 Å². The van der Waals surface area contributed by atoms with Crippen LogP contribution >= 0.6 is 0 Å². The Balaban J connectivity index is 1.75. The van der Waals surface area contributed by atoms with Crippen LogP contribution in [0.5, 0.6) is 11.5 Å².